The van der Waals surface area contributed by atoms with Gasteiger partial charge in [0.05, 0.1) is 5.02 Å². The fourth-order valence-corrected chi connectivity index (χ4v) is 2.09. The maximum atomic E-state index is 13.7. The van der Waals surface area contributed by atoms with Crippen LogP contribution in [0.25, 0.3) is 0 Å². The van der Waals surface area contributed by atoms with Crippen LogP contribution in [-0.2, 0) is 13.2 Å². The third-order valence-corrected chi connectivity index (χ3v) is 3.44. The molecule has 0 aromatic heterocycles. The van der Waals surface area contributed by atoms with Crippen molar-refractivity contribution in [1.82, 2.24) is 0 Å². The van der Waals surface area contributed by atoms with E-state index in [4.69, 9.17) is 22.1 Å². The molecule has 0 fully saturated rings. The second-order valence-corrected chi connectivity index (χ2v) is 5.32. The van der Waals surface area contributed by atoms with E-state index in [1.165, 1.54) is 6.07 Å². The van der Waals surface area contributed by atoms with Crippen LogP contribution in [0, 0.1) is 5.82 Å². The van der Waals surface area contributed by atoms with Crippen LogP contribution in [0.1, 0.15) is 11.1 Å². The summed E-state index contributed by atoms with van der Waals surface area (Å²) in [6.45, 7) is 0.433. The molecule has 0 bridgehead atoms. The molecule has 19 heavy (non-hydrogen) atoms. The summed E-state index contributed by atoms with van der Waals surface area (Å²) in [5, 5.41) is 0.488. The van der Waals surface area contributed by atoms with Crippen LogP contribution in [0.4, 0.5) is 4.39 Å². The predicted octanol–water partition coefficient (Wildman–Crippen LogP) is 4.28. The van der Waals surface area contributed by atoms with E-state index >= 15 is 0 Å². The monoisotopic (exact) mass is 343 g/mol. The zero-order valence-electron chi connectivity index (χ0n) is 10.00. The van der Waals surface area contributed by atoms with Crippen LogP contribution in [0.15, 0.2) is 40.9 Å². The van der Waals surface area contributed by atoms with Crippen molar-refractivity contribution in [3.05, 3.63) is 62.8 Å². The Balaban J connectivity index is 2.12. The van der Waals surface area contributed by atoms with E-state index in [0.717, 1.165) is 10.0 Å². The Morgan fingerprint density at radius 3 is 2.68 bits per heavy atom. The number of nitrogens with two attached hydrogens (primary N) is 1. The fraction of sp³-hybridized carbons (Fsp3) is 0.143. The molecule has 2 rings (SSSR count). The van der Waals surface area contributed by atoms with Crippen molar-refractivity contribution in [3.8, 4) is 5.75 Å². The molecule has 0 amide bonds. The molecular weight excluding hydrogens is 333 g/mol. The van der Waals surface area contributed by atoms with Crippen LogP contribution >= 0.6 is 27.5 Å². The average Bonchev–Trinajstić information content (AvgIpc) is 2.40. The van der Waals surface area contributed by atoms with Crippen molar-refractivity contribution >= 4 is 27.5 Å². The first kappa shape index (κ1) is 14.3. The molecule has 0 aliphatic rings. The lowest BCUT2D eigenvalue weighted by Crippen LogP contribution is -2.02. The van der Waals surface area contributed by atoms with Gasteiger partial charge in [0.1, 0.15) is 18.2 Å². The first-order valence-corrected chi connectivity index (χ1v) is 6.82. The molecule has 5 heteroatoms. The van der Waals surface area contributed by atoms with Gasteiger partial charge < -0.3 is 10.5 Å². The molecule has 2 nitrogen and oxygen atoms in total. The molecule has 0 radical (unpaired) electrons. The highest BCUT2D eigenvalue weighted by Gasteiger charge is 2.07. The third kappa shape index (κ3) is 3.69. The summed E-state index contributed by atoms with van der Waals surface area (Å²) < 4.78 is 20.1. The predicted molar refractivity (Wildman–Crippen MR) is 77.8 cm³/mol. The first-order valence-electron chi connectivity index (χ1n) is 5.65. The summed E-state index contributed by atoms with van der Waals surface area (Å²) in [6.07, 6.45) is 0. The standard InChI is InChI=1S/C14H12BrClFNO/c15-11-3-4-12(16)14(6-11)19-8-10-2-1-9(7-18)5-13(10)17/h1-6H,7-8,18H2. The van der Waals surface area contributed by atoms with E-state index in [1.54, 1.807) is 24.3 Å². The summed E-state index contributed by atoms with van der Waals surface area (Å²) in [5.41, 5.74) is 6.67. The molecule has 0 aliphatic heterocycles. The highest BCUT2D eigenvalue weighted by atomic mass is 79.9. The van der Waals surface area contributed by atoms with E-state index in [9.17, 15) is 4.39 Å². The Hall–Kier alpha value is -1.10. The van der Waals surface area contributed by atoms with Crippen molar-refractivity contribution in [2.24, 2.45) is 5.73 Å². The molecule has 0 aliphatic carbocycles. The van der Waals surface area contributed by atoms with Gasteiger partial charge in [0, 0.05) is 16.6 Å². The maximum Gasteiger partial charge on any atom is 0.139 e. The molecule has 0 spiro atoms. The van der Waals surface area contributed by atoms with E-state index in [0.29, 0.717) is 22.9 Å². The van der Waals surface area contributed by atoms with Crippen LogP contribution in [-0.4, -0.2) is 0 Å². The lowest BCUT2D eigenvalue weighted by molar-refractivity contribution is 0.300. The van der Waals surface area contributed by atoms with Crippen LogP contribution in [0.2, 0.25) is 5.02 Å². The van der Waals surface area contributed by atoms with Gasteiger partial charge in [-0.05, 0) is 29.8 Å². The quantitative estimate of drug-likeness (QED) is 0.898. The van der Waals surface area contributed by atoms with Crippen LogP contribution in [0.5, 0.6) is 5.75 Å². The van der Waals surface area contributed by atoms with Crippen molar-refractivity contribution in [2.75, 3.05) is 0 Å². The van der Waals surface area contributed by atoms with Gasteiger partial charge in [0.15, 0.2) is 0 Å². The van der Waals surface area contributed by atoms with E-state index < -0.39 is 0 Å². The Bertz CT molecular complexity index is 592. The van der Waals surface area contributed by atoms with Crippen molar-refractivity contribution in [1.29, 1.82) is 0 Å². The number of halogens is 3. The summed E-state index contributed by atoms with van der Waals surface area (Å²) in [5.74, 6) is 0.187. The Kier molecular flexibility index (Phi) is 4.80. The summed E-state index contributed by atoms with van der Waals surface area (Å²) in [7, 11) is 0. The average molecular weight is 345 g/mol. The summed E-state index contributed by atoms with van der Waals surface area (Å²) in [4.78, 5) is 0. The van der Waals surface area contributed by atoms with Gasteiger partial charge in [-0.3, -0.25) is 0 Å². The molecule has 0 saturated heterocycles. The Morgan fingerprint density at radius 1 is 1.21 bits per heavy atom. The Labute approximate surface area is 124 Å². The largest absolute Gasteiger partial charge is 0.487 e. The van der Waals surface area contributed by atoms with Gasteiger partial charge in [-0.25, -0.2) is 4.39 Å². The van der Waals surface area contributed by atoms with Crippen molar-refractivity contribution in [3.63, 3.8) is 0 Å². The van der Waals surface area contributed by atoms with E-state index in [2.05, 4.69) is 15.9 Å². The molecule has 0 saturated carbocycles. The second kappa shape index (κ2) is 6.37. The number of rotatable bonds is 4. The molecular formula is C14H12BrClFNO. The lowest BCUT2D eigenvalue weighted by Gasteiger charge is -2.10. The molecule has 2 N–H and O–H groups in total. The minimum atomic E-state index is -0.325. The fourth-order valence-electron chi connectivity index (χ4n) is 1.58. The zero-order chi connectivity index (χ0) is 13.8. The van der Waals surface area contributed by atoms with Gasteiger partial charge in [0.25, 0.3) is 0 Å². The Morgan fingerprint density at radius 2 is 2.00 bits per heavy atom. The molecule has 0 atom stereocenters. The zero-order valence-corrected chi connectivity index (χ0v) is 12.3. The maximum absolute atomic E-state index is 13.7. The van der Waals surface area contributed by atoms with Crippen molar-refractivity contribution in [2.45, 2.75) is 13.2 Å². The van der Waals surface area contributed by atoms with Gasteiger partial charge in [-0.2, -0.15) is 0 Å². The number of ether oxygens (including phenoxy) is 1. The highest BCUT2D eigenvalue weighted by molar-refractivity contribution is 9.10. The molecule has 100 valence electrons. The van der Waals surface area contributed by atoms with Gasteiger partial charge >= 0.3 is 0 Å². The normalized spacial score (nSPS) is 10.5. The number of benzene rings is 2. The highest BCUT2D eigenvalue weighted by Crippen LogP contribution is 2.28. The molecule has 0 heterocycles. The minimum absolute atomic E-state index is 0.118. The summed E-state index contributed by atoms with van der Waals surface area (Å²) >= 11 is 9.32. The third-order valence-electron chi connectivity index (χ3n) is 2.63. The molecule has 0 unspecified atom stereocenters. The SMILES string of the molecule is NCc1ccc(COc2cc(Br)ccc2Cl)c(F)c1. The second-order valence-electron chi connectivity index (χ2n) is 3.99. The van der Waals surface area contributed by atoms with E-state index in [1.807, 2.05) is 6.07 Å². The molecule has 2 aromatic rings. The van der Waals surface area contributed by atoms with Crippen molar-refractivity contribution < 1.29 is 9.13 Å². The van der Waals surface area contributed by atoms with Crippen LogP contribution < -0.4 is 10.5 Å². The first-order chi connectivity index (χ1) is 9.10. The number of hydrogen-bond acceptors (Lipinski definition) is 2. The minimum Gasteiger partial charge on any atom is -0.487 e. The van der Waals surface area contributed by atoms with Crippen LogP contribution in [0.3, 0.4) is 0 Å². The molecule has 2 aromatic carbocycles. The van der Waals surface area contributed by atoms with Gasteiger partial charge in [0.2, 0.25) is 0 Å². The summed E-state index contributed by atoms with van der Waals surface area (Å²) in [6, 6.07) is 10.1. The smallest absolute Gasteiger partial charge is 0.139 e. The van der Waals surface area contributed by atoms with Gasteiger partial charge in [-0.15, -0.1) is 0 Å². The number of hydrogen-bond donors (Lipinski definition) is 1. The topological polar surface area (TPSA) is 35.2 Å². The van der Waals surface area contributed by atoms with E-state index in [-0.39, 0.29) is 12.4 Å². The lowest BCUT2D eigenvalue weighted by atomic mass is 10.1. The van der Waals surface area contributed by atoms with Gasteiger partial charge in [-0.1, -0.05) is 39.7 Å².